The largest absolute Gasteiger partial charge is 0.350 e. The first-order valence-corrected chi connectivity index (χ1v) is 11.7. The zero-order valence-corrected chi connectivity index (χ0v) is 18.1. The molecule has 1 aliphatic heterocycles. The van der Waals surface area contributed by atoms with Gasteiger partial charge in [0.15, 0.2) is 0 Å². The Bertz CT molecular complexity index is 954. The van der Waals surface area contributed by atoms with Gasteiger partial charge in [0.1, 0.15) is 6.04 Å². The van der Waals surface area contributed by atoms with E-state index >= 15 is 0 Å². The highest BCUT2D eigenvalue weighted by Crippen LogP contribution is 2.20. The van der Waals surface area contributed by atoms with Gasteiger partial charge in [-0.25, -0.2) is 12.7 Å². The average molecular weight is 436 g/mol. The molecule has 3 rings (SSSR count). The standard InChI is InChI=1S/C20H25N3O4S2/c1-22(2)29(26,27)17-9-7-15(8-10-17)14-21-20(25)18-6-3-11-23(18)19(24)13-16-5-4-12-28-16/h4-5,7-10,12,18H,3,6,11,13-14H2,1-2H3,(H,21,25). The first-order valence-electron chi connectivity index (χ1n) is 9.40. The van der Waals surface area contributed by atoms with Gasteiger partial charge in [0.05, 0.1) is 11.3 Å². The number of rotatable bonds is 7. The summed E-state index contributed by atoms with van der Waals surface area (Å²) in [7, 11) is -0.508. The molecule has 1 aromatic carbocycles. The van der Waals surface area contributed by atoms with Crippen molar-refractivity contribution >= 4 is 33.2 Å². The molecule has 29 heavy (non-hydrogen) atoms. The molecule has 0 spiro atoms. The van der Waals surface area contributed by atoms with Crippen LogP contribution in [0.5, 0.6) is 0 Å². The van der Waals surface area contributed by atoms with E-state index in [-0.39, 0.29) is 23.3 Å². The van der Waals surface area contributed by atoms with Crippen molar-refractivity contribution in [1.29, 1.82) is 0 Å². The Morgan fingerprint density at radius 1 is 1.21 bits per heavy atom. The van der Waals surface area contributed by atoms with Crippen LogP contribution in [0.25, 0.3) is 0 Å². The molecule has 0 saturated carbocycles. The van der Waals surface area contributed by atoms with Crippen molar-refractivity contribution in [1.82, 2.24) is 14.5 Å². The lowest BCUT2D eigenvalue weighted by Crippen LogP contribution is -2.46. The van der Waals surface area contributed by atoms with Crippen molar-refractivity contribution in [2.45, 2.75) is 36.7 Å². The molecule has 2 aromatic rings. The summed E-state index contributed by atoms with van der Waals surface area (Å²) in [6, 6.07) is 9.82. The van der Waals surface area contributed by atoms with Gasteiger partial charge in [0.2, 0.25) is 21.8 Å². The second-order valence-electron chi connectivity index (χ2n) is 7.15. The molecule has 0 bridgehead atoms. The maximum atomic E-state index is 12.6. The van der Waals surface area contributed by atoms with Crippen LogP contribution in [0, 0.1) is 0 Å². The van der Waals surface area contributed by atoms with E-state index in [1.54, 1.807) is 17.0 Å². The predicted octanol–water partition coefficient (Wildman–Crippen LogP) is 1.85. The Balaban J connectivity index is 1.57. The van der Waals surface area contributed by atoms with E-state index in [0.717, 1.165) is 21.2 Å². The maximum absolute atomic E-state index is 12.6. The van der Waals surface area contributed by atoms with Gasteiger partial charge in [-0.05, 0) is 42.0 Å². The van der Waals surface area contributed by atoms with Gasteiger partial charge in [-0.3, -0.25) is 9.59 Å². The van der Waals surface area contributed by atoms with E-state index in [9.17, 15) is 18.0 Å². The first kappa shape index (κ1) is 21.5. The number of sulfonamides is 1. The topological polar surface area (TPSA) is 86.8 Å². The van der Waals surface area contributed by atoms with Crippen molar-refractivity contribution in [2.75, 3.05) is 20.6 Å². The quantitative estimate of drug-likeness (QED) is 0.719. The van der Waals surface area contributed by atoms with E-state index in [4.69, 9.17) is 0 Å². The van der Waals surface area contributed by atoms with Gasteiger partial charge in [-0.15, -0.1) is 11.3 Å². The summed E-state index contributed by atoms with van der Waals surface area (Å²) in [5.74, 6) is -0.199. The Hall–Kier alpha value is -2.23. The number of carbonyl (C=O) groups excluding carboxylic acids is 2. The Morgan fingerprint density at radius 2 is 1.93 bits per heavy atom. The van der Waals surface area contributed by atoms with Crippen molar-refractivity contribution in [3.8, 4) is 0 Å². The van der Waals surface area contributed by atoms with Gasteiger partial charge < -0.3 is 10.2 Å². The summed E-state index contributed by atoms with van der Waals surface area (Å²) in [5.41, 5.74) is 0.797. The third-order valence-electron chi connectivity index (χ3n) is 4.95. The molecular formula is C20H25N3O4S2. The van der Waals surface area contributed by atoms with E-state index in [0.29, 0.717) is 19.4 Å². The molecule has 156 valence electrons. The number of nitrogens with one attached hydrogen (secondary N) is 1. The van der Waals surface area contributed by atoms with Crippen LogP contribution >= 0.6 is 11.3 Å². The van der Waals surface area contributed by atoms with Gasteiger partial charge in [0, 0.05) is 32.1 Å². The van der Waals surface area contributed by atoms with Crippen molar-refractivity contribution in [2.24, 2.45) is 0 Å². The lowest BCUT2D eigenvalue weighted by Gasteiger charge is -2.24. The summed E-state index contributed by atoms with van der Waals surface area (Å²) in [6.45, 7) is 0.879. The van der Waals surface area contributed by atoms with Gasteiger partial charge >= 0.3 is 0 Å². The molecule has 1 saturated heterocycles. The highest BCUT2D eigenvalue weighted by atomic mass is 32.2. The molecule has 0 aliphatic carbocycles. The number of hydrogen-bond donors (Lipinski definition) is 1. The number of nitrogens with zero attached hydrogens (tertiary/aromatic N) is 2. The zero-order valence-electron chi connectivity index (χ0n) is 16.5. The molecule has 1 aliphatic rings. The van der Waals surface area contributed by atoms with Gasteiger partial charge in [0.25, 0.3) is 0 Å². The van der Waals surface area contributed by atoms with E-state index in [1.165, 1.54) is 37.6 Å². The molecule has 2 amide bonds. The third-order valence-corrected chi connectivity index (χ3v) is 7.66. The lowest BCUT2D eigenvalue weighted by atomic mass is 10.1. The molecule has 7 nitrogen and oxygen atoms in total. The number of likely N-dealkylation sites (tertiary alicyclic amines) is 1. The van der Waals surface area contributed by atoms with Crippen molar-refractivity contribution < 1.29 is 18.0 Å². The lowest BCUT2D eigenvalue weighted by molar-refractivity contribution is -0.138. The van der Waals surface area contributed by atoms with Crippen molar-refractivity contribution in [3.05, 3.63) is 52.2 Å². The number of amides is 2. The minimum absolute atomic E-state index is 0.0247. The number of benzene rings is 1. The molecule has 9 heteroatoms. The fourth-order valence-electron chi connectivity index (χ4n) is 3.30. The van der Waals surface area contributed by atoms with E-state index < -0.39 is 16.1 Å². The minimum atomic E-state index is -3.47. The summed E-state index contributed by atoms with van der Waals surface area (Å²) < 4.78 is 25.4. The molecule has 2 heterocycles. The highest BCUT2D eigenvalue weighted by molar-refractivity contribution is 7.89. The number of hydrogen-bond acceptors (Lipinski definition) is 5. The zero-order chi connectivity index (χ0) is 21.0. The van der Waals surface area contributed by atoms with Crippen LogP contribution < -0.4 is 5.32 Å². The highest BCUT2D eigenvalue weighted by Gasteiger charge is 2.33. The van der Waals surface area contributed by atoms with Crippen LogP contribution in [0.1, 0.15) is 23.3 Å². The Labute approximate surface area is 175 Å². The Morgan fingerprint density at radius 3 is 2.55 bits per heavy atom. The first-order chi connectivity index (χ1) is 13.8. The maximum Gasteiger partial charge on any atom is 0.243 e. The molecular weight excluding hydrogens is 410 g/mol. The van der Waals surface area contributed by atoms with E-state index in [1.807, 2.05) is 17.5 Å². The molecule has 0 radical (unpaired) electrons. The molecule has 1 fully saturated rings. The van der Waals surface area contributed by atoms with Crippen LogP contribution in [-0.2, 0) is 32.6 Å². The summed E-state index contributed by atoms with van der Waals surface area (Å²) >= 11 is 1.54. The molecule has 1 N–H and O–H groups in total. The Kier molecular flexibility index (Phi) is 6.71. The summed E-state index contributed by atoms with van der Waals surface area (Å²) in [4.78, 5) is 28.1. The smallest absolute Gasteiger partial charge is 0.243 e. The minimum Gasteiger partial charge on any atom is -0.350 e. The van der Waals surface area contributed by atoms with Crippen LogP contribution in [0.2, 0.25) is 0 Å². The second-order valence-corrected chi connectivity index (χ2v) is 10.3. The fourth-order valence-corrected chi connectivity index (χ4v) is 4.90. The molecule has 1 aromatic heterocycles. The van der Waals surface area contributed by atoms with Crippen LogP contribution in [0.3, 0.4) is 0 Å². The van der Waals surface area contributed by atoms with E-state index in [2.05, 4.69) is 5.32 Å². The fraction of sp³-hybridized carbons (Fsp3) is 0.400. The number of carbonyl (C=O) groups is 2. The summed E-state index contributed by atoms with van der Waals surface area (Å²) in [6.07, 6.45) is 1.79. The second kappa shape index (κ2) is 9.06. The van der Waals surface area contributed by atoms with Gasteiger partial charge in [-0.2, -0.15) is 0 Å². The third kappa shape index (κ3) is 5.04. The SMILES string of the molecule is CN(C)S(=O)(=O)c1ccc(CNC(=O)C2CCCN2C(=O)Cc2cccs2)cc1. The summed E-state index contributed by atoms with van der Waals surface area (Å²) in [5, 5.41) is 4.81. The molecule has 1 atom stereocenters. The monoisotopic (exact) mass is 435 g/mol. The van der Waals surface area contributed by atoms with Crippen LogP contribution in [0.15, 0.2) is 46.7 Å². The number of thiophene rings is 1. The molecule has 1 unspecified atom stereocenters. The average Bonchev–Trinajstić information content (AvgIpc) is 3.38. The van der Waals surface area contributed by atoms with Crippen LogP contribution in [-0.4, -0.2) is 56.1 Å². The van der Waals surface area contributed by atoms with Crippen LogP contribution in [0.4, 0.5) is 0 Å². The predicted molar refractivity (Wildman–Crippen MR) is 112 cm³/mol. The van der Waals surface area contributed by atoms with Gasteiger partial charge in [-0.1, -0.05) is 18.2 Å². The van der Waals surface area contributed by atoms with Crippen molar-refractivity contribution in [3.63, 3.8) is 0 Å². The normalized spacial score (nSPS) is 16.9.